The number of aromatic nitrogens is 2. The van der Waals surface area contributed by atoms with E-state index in [-0.39, 0.29) is 0 Å². The molecule has 0 aliphatic carbocycles. The maximum atomic E-state index is 4.20. The van der Waals surface area contributed by atoms with Crippen LogP contribution in [0.25, 0.3) is 0 Å². The van der Waals surface area contributed by atoms with Gasteiger partial charge in [-0.2, -0.15) is 0 Å². The molecule has 1 aromatic heterocycles. The first kappa shape index (κ1) is 6.58. The van der Waals surface area contributed by atoms with E-state index in [0.29, 0.717) is 0 Å². The van der Waals surface area contributed by atoms with Gasteiger partial charge in [-0.3, -0.25) is 0 Å². The molecule has 0 saturated heterocycles. The first-order chi connectivity index (χ1) is 5.42. The molecule has 0 unspecified atom stereocenters. The topological polar surface area (TPSA) is 29.0 Å². The average molecular weight is 149 g/mol. The Labute approximate surface area is 66.1 Å². The molecular weight excluding hydrogens is 138 g/mol. The summed E-state index contributed by atoms with van der Waals surface area (Å²) < 4.78 is 0. The maximum Gasteiger partial charge on any atom is 0.115 e. The van der Waals surface area contributed by atoms with Gasteiger partial charge in [-0.1, -0.05) is 0 Å². The summed E-state index contributed by atoms with van der Waals surface area (Å²) in [5, 5.41) is 0. The first-order valence-corrected chi connectivity index (χ1v) is 3.95. The monoisotopic (exact) mass is 149 g/mol. The SMILES string of the molecule is CCN1CCc2ncncc21. The second kappa shape index (κ2) is 2.49. The van der Waals surface area contributed by atoms with Gasteiger partial charge in [0.05, 0.1) is 17.6 Å². The zero-order chi connectivity index (χ0) is 7.68. The van der Waals surface area contributed by atoms with E-state index in [2.05, 4.69) is 21.8 Å². The summed E-state index contributed by atoms with van der Waals surface area (Å²) in [6, 6.07) is 0. The highest BCUT2D eigenvalue weighted by atomic mass is 15.2. The van der Waals surface area contributed by atoms with Crippen molar-refractivity contribution in [1.29, 1.82) is 0 Å². The van der Waals surface area contributed by atoms with E-state index in [1.165, 1.54) is 11.4 Å². The zero-order valence-corrected chi connectivity index (χ0v) is 6.62. The van der Waals surface area contributed by atoms with Crippen LogP contribution in [0, 0.1) is 0 Å². The third-order valence-corrected chi connectivity index (χ3v) is 2.11. The molecule has 2 rings (SSSR count). The van der Waals surface area contributed by atoms with Crippen molar-refractivity contribution in [3.63, 3.8) is 0 Å². The lowest BCUT2D eigenvalue weighted by molar-refractivity contribution is 0.864. The molecule has 1 aromatic rings. The standard InChI is InChI=1S/C8H11N3/c1-2-11-4-3-7-8(11)5-9-6-10-7/h5-6H,2-4H2,1H3. The Morgan fingerprint density at radius 3 is 3.36 bits per heavy atom. The molecule has 0 N–H and O–H groups in total. The van der Waals surface area contributed by atoms with Gasteiger partial charge >= 0.3 is 0 Å². The third-order valence-electron chi connectivity index (χ3n) is 2.11. The fourth-order valence-corrected chi connectivity index (χ4v) is 1.49. The third kappa shape index (κ3) is 0.964. The van der Waals surface area contributed by atoms with Crippen LogP contribution in [0.5, 0.6) is 0 Å². The number of nitrogens with zero attached hydrogens (tertiary/aromatic N) is 3. The molecule has 3 nitrogen and oxygen atoms in total. The van der Waals surface area contributed by atoms with Crippen LogP contribution in [-0.4, -0.2) is 23.1 Å². The van der Waals surface area contributed by atoms with Crippen LogP contribution in [0.2, 0.25) is 0 Å². The minimum absolute atomic E-state index is 1.06. The number of fused-ring (bicyclic) bond motifs is 1. The van der Waals surface area contributed by atoms with Crippen LogP contribution in [0.15, 0.2) is 12.5 Å². The van der Waals surface area contributed by atoms with Gasteiger partial charge in [-0.05, 0) is 6.92 Å². The highest BCUT2D eigenvalue weighted by Gasteiger charge is 2.17. The van der Waals surface area contributed by atoms with Gasteiger partial charge in [0.2, 0.25) is 0 Å². The summed E-state index contributed by atoms with van der Waals surface area (Å²) in [7, 11) is 0. The molecule has 0 amide bonds. The second-order valence-electron chi connectivity index (χ2n) is 2.68. The van der Waals surface area contributed by atoms with Crippen molar-refractivity contribution in [2.24, 2.45) is 0 Å². The van der Waals surface area contributed by atoms with Crippen molar-refractivity contribution in [2.45, 2.75) is 13.3 Å². The quantitative estimate of drug-likeness (QED) is 0.593. The van der Waals surface area contributed by atoms with Gasteiger partial charge in [-0.15, -0.1) is 0 Å². The largest absolute Gasteiger partial charge is 0.369 e. The number of hydrogen-bond acceptors (Lipinski definition) is 3. The number of rotatable bonds is 1. The van der Waals surface area contributed by atoms with Crippen molar-refractivity contribution in [2.75, 3.05) is 18.0 Å². The summed E-state index contributed by atoms with van der Waals surface area (Å²) in [5.74, 6) is 0. The smallest absolute Gasteiger partial charge is 0.115 e. The van der Waals surface area contributed by atoms with E-state index in [1.54, 1.807) is 6.33 Å². The molecule has 0 fully saturated rings. The van der Waals surface area contributed by atoms with Crippen LogP contribution in [-0.2, 0) is 6.42 Å². The van der Waals surface area contributed by atoms with Crippen LogP contribution in [0.1, 0.15) is 12.6 Å². The fourth-order valence-electron chi connectivity index (χ4n) is 1.49. The highest BCUT2D eigenvalue weighted by molar-refractivity contribution is 5.52. The molecule has 11 heavy (non-hydrogen) atoms. The van der Waals surface area contributed by atoms with Gasteiger partial charge in [0, 0.05) is 19.5 Å². The van der Waals surface area contributed by atoms with Crippen molar-refractivity contribution < 1.29 is 0 Å². The Morgan fingerprint density at radius 1 is 1.64 bits per heavy atom. The predicted molar refractivity (Wildman–Crippen MR) is 43.6 cm³/mol. The van der Waals surface area contributed by atoms with E-state index in [9.17, 15) is 0 Å². The molecule has 3 heteroatoms. The van der Waals surface area contributed by atoms with Crippen molar-refractivity contribution >= 4 is 5.69 Å². The van der Waals surface area contributed by atoms with Gasteiger partial charge < -0.3 is 4.90 Å². The molecular formula is C8H11N3. The Bertz CT molecular complexity index is 259. The van der Waals surface area contributed by atoms with Gasteiger partial charge in [0.1, 0.15) is 6.33 Å². The number of anilines is 1. The molecule has 0 atom stereocenters. The van der Waals surface area contributed by atoms with Crippen molar-refractivity contribution in [1.82, 2.24) is 9.97 Å². The van der Waals surface area contributed by atoms with Crippen molar-refractivity contribution in [3.05, 3.63) is 18.2 Å². The van der Waals surface area contributed by atoms with E-state index in [1.807, 2.05) is 6.20 Å². The summed E-state index contributed by atoms with van der Waals surface area (Å²) in [5.41, 5.74) is 2.41. The summed E-state index contributed by atoms with van der Waals surface area (Å²) >= 11 is 0. The molecule has 2 heterocycles. The number of likely N-dealkylation sites (N-methyl/N-ethyl adjacent to an activating group) is 1. The van der Waals surface area contributed by atoms with Gasteiger partial charge in [0.15, 0.2) is 0 Å². The maximum absolute atomic E-state index is 4.20. The molecule has 0 bridgehead atoms. The summed E-state index contributed by atoms with van der Waals surface area (Å²) in [6.45, 7) is 4.31. The summed E-state index contributed by atoms with van der Waals surface area (Å²) in [6.07, 6.45) is 4.60. The fraction of sp³-hybridized carbons (Fsp3) is 0.500. The molecule has 0 saturated carbocycles. The van der Waals surface area contributed by atoms with Crippen LogP contribution < -0.4 is 4.90 Å². The second-order valence-corrected chi connectivity index (χ2v) is 2.68. The molecule has 0 aromatic carbocycles. The number of hydrogen-bond donors (Lipinski definition) is 0. The predicted octanol–water partition coefficient (Wildman–Crippen LogP) is 0.859. The van der Waals surface area contributed by atoms with Crippen LogP contribution in [0.4, 0.5) is 5.69 Å². The van der Waals surface area contributed by atoms with E-state index in [4.69, 9.17) is 0 Å². The summed E-state index contributed by atoms with van der Waals surface area (Å²) in [4.78, 5) is 10.5. The molecule has 0 radical (unpaired) electrons. The average Bonchev–Trinajstić information content (AvgIpc) is 2.47. The minimum Gasteiger partial charge on any atom is -0.369 e. The van der Waals surface area contributed by atoms with E-state index in [0.717, 1.165) is 19.5 Å². The van der Waals surface area contributed by atoms with Crippen LogP contribution >= 0.6 is 0 Å². The van der Waals surface area contributed by atoms with Gasteiger partial charge in [0.25, 0.3) is 0 Å². The first-order valence-electron chi connectivity index (χ1n) is 3.95. The zero-order valence-electron chi connectivity index (χ0n) is 6.62. The lowest BCUT2D eigenvalue weighted by atomic mass is 10.3. The normalized spacial score (nSPS) is 15.2. The minimum atomic E-state index is 1.06. The molecule has 1 aliphatic heterocycles. The Balaban J connectivity index is 2.39. The molecule has 1 aliphatic rings. The molecule has 0 spiro atoms. The van der Waals surface area contributed by atoms with E-state index >= 15 is 0 Å². The Hall–Kier alpha value is -1.12. The van der Waals surface area contributed by atoms with Crippen LogP contribution in [0.3, 0.4) is 0 Å². The lowest BCUT2D eigenvalue weighted by Crippen LogP contribution is -2.19. The highest BCUT2D eigenvalue weighted by Crippen LogP contribution is 2.23. The lowest BCUT2D eigenvalue weighted by Gasteiger charge is -2.14. The van der Waals surface area contributed by atoms with Crippen molar-refractivity contribution in [3.8, 4) is 0 Å². The van der Waals surface area contributed by atoms with E-state index < -0.39 is 0 Å². The Kier molecular flexibility index (Phi) is 1.49. The van der Waals surface area contributed by atoms with Gasteiger partial charge in [-0.25, -0.2) is 9.97 Å². The Morgan fingerprint density at radius 2 is 2.55 bits per heavy atom. The molecule has 58 valence electrons.